The predicted octanol–water partition coefficient (Wildman–Crippen LogP) is 3.64. The summed E-state index contributed by atoms with van der Waals surface area (Å²) in [5, 5.41) is 4.61. The average molecular weight is 404 g/mol. The van der Waals surface area contributed by atoms with Crippen LogP contribution in [0.5, 0.6) is 0 Å². The lowest BCUT2D eigenvalue weighted by Crippen LogP contribution is -2.31. The maximum absolute atomic E-state index is 13.2. The van der Waals surface area contributed by atoms with E-state index < -0.39 is 0 Å². The number of aryl methyl sites for hydroxylation is 1. The fraction of sp³-hybridized carbons (Fsp3) is 0.391. The number of nitrogens with zero attached hydrogens (tertiary/aromatic N) is 6. The van der Waals surface area contributed by atoms with Gasteiger partial charge < -0.3 is 0 Å². The highest BCUT2D eigenvalue weighted by Gasteiger charge is 2.21. The largest absolute Gasteiger partial charge is 0.294 e. The first-order chi connectivity index (χ1) is 14.7. The molecule has 0 unspecified atom stereocenters. The molecule has 4 heterocycles. The van der Waals surface area contributed by atoms with Gasteiger partial charge >= 0.3 is 0 Å². The van der Waals surface area contributed by atoms with E-state index >= 15 is 0 Å². The van der Waals surface area contributed by atoms with Gasteiger partial charge in [-0.25, -0.2) is 19.0 Å². The van der Waals surface area contributed by atoms with Crippen LogP contribution in [0.2, 0.25) is 0 Å². The van der Waals surface area contributed by atoms with Crippen LogP contribution in [0.15, 0.2) is 41.7 Å². The Kier molecular flexibility index (Phi) is 5.12. The summed E-state index contributed by atoms with van der Waals surface area (Å²) in [6.45, 7) is 5.53. The Balaban J connectivity index is 1.30. The summed E-state index contributed by atoms with van der Waals surface area (Å²) in [4.78, 5) is 16.5. The van der Waals surface area contributed by atoms with E-state index in [0.717, 1.165) is 67.6 Å². The third kappa shape index (κ3) is 3.89. The van der Waals surface area contributed by atoms with Crippen molar-refractivity contribution in [2.45, 2.75) is 45.7 Å². The van der Waals surface area contributed by atoms with Crippen molar-refractivity contribution in [3.8, 4) is 5.69 Å². The van der Waals surface area contributed by atoms with Crippen molar-refractivity contribution in [3.05, 3.63) is 70.8 Å². The van der Waals surface area contributed by atoms with Gasteiger partial charge in [-0.1, -0.05) is 0 Å². The van der Waals surface area contributed by atoms with Crippen molar-refractivity contribution in [2.75, 3.05) is 13.1 Å². The second-order valence-electron chi connectivity index (χ2n) is 8.07. The van der Waals surface area contributed by atoms with Crippen LogP contribution in [-0.2, 0) is 19.5 Å². The second kappa shape index (κ2) is 8.07. The number of fused-ring (bicyclic) bond motifs is 1. The summed E-state index contributed by atoms with van der Waals surface area (Å²) in [5.74, 6) is 0.578. The zero-order valence-corrected chi connectivity index (χ0v) is 17.2. The summed E-state index contributed by atoms with van der Waals surface area (Å²) in [6.07, 6.45) is 8.28. The smallest absolute Gasteiger partial charge is 0.173 e. The molecule has 2 aliphatic rings. The highest BCUT2D eigenvalue weighted by atomic mass is 19.1. The Morgan fingerprint density at radius 3 is 2.77 bits per heavy atom. The molecule has 0 saturated carbocycles. The van der Waals surface area contributed by atoms with Gasteiger partial charge in [0.2, 0.25) is 0 Å². The molecule has 5 rings (SSSR count). The van der Waals surface area contributed by atoms with Crippen molar-refractivity contribution in [1.29, 1.82) is 0 Å². The van der Waals surface area contributed by atoms with E-state index in [4.69, 9.17) is 4.98 Å². The Morgan fingerprint density at radius 2 is 1.97 bits per heavy atom. The maximum atomic E-state index is 13.2. The van der Waals surface area contributed by atoms with Crippen LogP contribution in [0, 0.1) is 12.7 Å². The van der Waals surface area contributed by atoms with Gasteiger partial charge in [-0.15, -0.1) is 0 Å². The minimum atomic E-state index is -0.240. The van der Waals surface area contributed by atoms with Gasteiger partial charge in [0.05, 0.1) is 22.8 Å². The number of hydrogen-bond acceptors (Lipinski definition) is 5. The molecule has 6 nitrogen and oxygen atoms in total. The van der Waals surface area contributed by atoms with Gasteiger partial charge in [-0.05, 0) is 50.5 Å². The molecule has 7 heteroatoms. The summed E-state index contributed by atoms with van der Waals surface area (Å²) in [6, 6.07) is 6.41. The number of benzene rings is 1. The Morgan fingerprint density at radius 1 is 1.10 bits per heavy atom. The van der Waals surface area contributed by atoms with Crippen LogP contribution < -0.4 is 0 Å². The topological polar surface area (TPSA) is 59.2 Å². The molecular formula is C23H25FN6. The molecule has 154 valence electrons. The molecule has 0 radical (unpaired) electrons. The predicted molar refractivity (Wildman–Crippen MR) is 113 cm³/mol. The molecule has 0 atom stereocenters. The lowest BCUT2D eigenvalue weighted by atomic mass is 10.0. The summed E-state index contributed by atoms with van der Waals surface area (Å²) < 4.78 is 15.0. The van der Waals surface area contributed by atoms with E-state index in [0.29, 0.717) is 0 Å². The molecule has 2 aromatic heterocycles. The summed E-state index contributed by atoms with van der Waals surface area (Å²) >= 11 is 0. The molecule has 3 aromatic rings. The van der Waals surface area contributed by atoms with Crippen molar-refractivity contribution in [2.24, 2.45) is 4.99 Å². The maximum Gasteiger partial charge on any atom is 0.173 e. The Labute approximate surface area is 175 Å². The quantitative estimate of drug-likeness (QED) is 0.666. The van der Waals surface area contributed by atoms with E-state index in [1.54, 1.807) is 12.1 Å². The van der Waals surface area contributed by atoms with Crippen LogP contribution >= 0.6 is 0 Å². The third-order valence-corrected chi connectivity index (χ3v) is 5.88. The van der Waals surface area contributed by atoms with Gasteiger partial charge in [0.15, 0.2) is 5.82 Å². The van der Waals surface area contributed by atoms with Crippen LogP contribution in [0.4, 0.5) is 4.39 Å². The number of aromatic nitrogens is 4. The third-order valence-electron chi connectivity index (χ3n) is 5.88. The highest BCUT2D eigenvalue weighted by molar-refractivity contribution is 5.97. The highest BCUT2D eigenvalue weighted by Crippen LogP contribution is 2.21. The number of aliphatic imine (C=N–C) groups is 1. The minimum Gasteiger partial charge on any atom is -0.294 e. The van der Waals surface area contributed by atoms with Crippen molar-refractivity contribution in [3.63, 3.8) is 0 Å². The minimum absolute atomic E-state index is 0.240. The van der Waals surface area contributed by atoms with E-state index in [2.05, 4.69) is 20.0 Å². The number of halogens is 1. The first kappa shape index (κ1) is 19.1. The second-order valence-corrected chi connectivity index (χ2v) is 8.07. The van der Waals surface area contributed by atoms with Gasteiger partial charge in [-0.3, -0.25) is 9.89 Å². The average Bonchev–Trinajstić information content (AvgIpc) is 3.14. The van der Waals surface area contributed by atoms with E-state index in [9.17, 15) is 4.39 Å². The van der Waals surface area contributed by atoms with E-state index in [1.165, 1.54) is 36.1 Å². The van der Waals surface area contributed by atoms with Crippen LogP contribution in [0.1, 0.15) is 47.6 Å². The SMILES string of the molecule is Cc1nn(-c2ccc(F)cc2)cc1CN1CCc2nc(C3=NCCCC3)ncc2C1. The van der Waals surface area contributed by atoms with E-state index in [1.807, 2.05) is 24.0 Å². The first-order valence-corrected chi connectivity index (χ1v) is 10.6. The molecule has 2 aliphatic heterocycles. The fourth-order valence-corrected chi connectivity index (χ4v) is 4.15. The molecule has 0 amide bonds. The lowest BCUT2D eigenvalue weighted by molar-refractivity contribution is 0.242. The van der Waals surface area contributed by atoms with Crippen LogP contribution in [0.25, 0.3) is 5.69 Å². The molecule has 0 saturated heterocycles. The zero-order valence-electron chi connectivity index (χ0n) is 17.2. The molecule has 0 N–H and O–H groups in total. The van der Waals surface area contributed by atoms with Crippen LogP contribution in [0.3, 0.4) is 0 Å². The molecule has 0 bridgehead atoms. The number of hydrogen-bond donors (Lipinski definition) is 0. The summed E-state index contributed by atoms with van der Waals surface area (Å²) in [7, 11) is 0. The zero-order chi connectivity index (χ0) is 20.5. The first-order valence-electron chi connectivity index (χ1n) is 10.6. The normalized spacial score (nSPS) is 16.9. The lowest BCUT2D eigenvalue weighted by Gasteiger charge is -2.28. The molecule has 0 fully saturated rings. The molecule has 0 aliphatic carbocycles. The van der Waals surface area contributed by atoms with Crippen molar-refractivity contribution < 1.29 is 4.39 Å². The Bertz CT molecular complexity index is 1090. The fourth-order valence-electron chi connectivity index (χ4n) is 4.15. The number of rotatable bonds is 4. The van der Waals surface area contributed by atoms with Gasteiger partial charge in [-0.2, -0.15) is 5.10 Å². The van der Waals surface area contributed by atoms with Gasteiger partial charge in [0.1, 0.15) is 5.82 Å². The molecule has 0 spiro atoms. The molecular weight excluding hydrogens is 379 g/mol. The monoisotopic (exact) mass is 404 g/mol. The van der Waals surface area contributed by atoms with Gasteiger partial charge in [0, 0.05) is 56.1 Å². The van der Waals surface area contributed by atoms with Crippen LogP contribution in [-0.4, -0.2) is 43.4 Å². The van der Waals surface area contributed by atoms with Crippen molar-refractivity contribution >= 4 is 5.71 Å². The van der Waals surface area contributed by atoms with Gasteiger partial charge in [0.25, 0.3) is 0 Å². The van der Waals surface area contributed by atoms with Crippen molar-refractivity contribution in [1.82, 2.24) is 24.6 Å². The molecule has 30 heavy (non-hydrogen) atoms. The molecule has 1 aromatic carbocycles. The van der Waals surface area contributed by atoms with E-state index in [-0.39, 0.29) is 5.82 Å². The summed E-state index contributed by atoms with van der Waals surface area (Å²) in [5.41, 5.74) is 6.45. The standard InChI is InChI=1S/C23H25FN6/c1-16-18(15-30(28-16)20-7-5-19(24)6-8-20)14-29-11-9-21-17(13-29)12-26-23(27-21)22-4-2-3-10-25-22/h5-8,12,15H,2-4,9-11,13-14H2,1H3. The Hall–Kier alpha value is -2.93.